The number of rotatable bonds is 7. The maximum absolute atomic E-state index is 12.6. The number of carbonyl (C=O) groups excluding carboxylic acids is 1. The Morgan fingerprint density at radius 3 is 2.46 bits per heavy atom. The van der Waals surface area contributed by atoms with Gasteiger partial charge in [0, 0.05) is 38.7 Å². The van der Waals surface area contributed by atoms with Gasteiger partial charge in [-0.2, -0.15) is 0 Å². The third-order valence-electron chi connectivity index (χ3n) is 4.93. The summed E-state index contributed by atoms with van der Waals surface area (Å²) in [6, 6.07) is 14.5. The lowest BCUT2D eigenvalue weighted by molar-refractivity contribution is -0.384. The first-order chi connectivity index (χ1) is 13.6. The van der Waals surface area contributed by atoms with Crippen LogP contribution >= 0.6 is 0 Å². The molecule has 1 saturated heterocycles. The number of nitro benzene ring substituents is 1. The summed E-state index contributed by atoms with van der Waals surface area (Å²) < 4.78 is 5.62. The van der Waals surface area contributed by atoms with Crippen LogP contribution in [0.3, 0.4) is 0 Å². The van der Waals surface area contributed by atoms with Crippen molar-refractivity contribution in [2.45, 2.75) is 19.8 Å². The van der Waals surface area contributed by atoms with Crippen LogP contribution in [0.4, 0.5) is 11.4 Å². The zero-order valence-corrected chi connectivity index (χ0v) is 16.0. The first kappa shape index (κ1) is 19.7. The van der Waals surface area contributed by atoms with Crippen LogP contribution in [-0.4, -0.2) is 48.5 Å². The Morgan fingerprint density at radius 2 is 1.75 bits per heavy atom. The second-order valence-corrected chi connectivity index (χ2v) is 6.65. The highest BCUT2D eigenvalue weighted by Crippen LogP contribution is 2.28. The van der Waals surface area contributed by atoms with Gasteiger partial charge >= 0.3 is 0 Å². The Bertz CT molecular complexity index is 832. The molecule has 0 unspecified atom stereocenters. The number of hydrogen-bond donors (Lipinski definition) is 0. The molecule has 1 aliphatic rings. The molecule has 1 amide bonds. The third-order valence-corrected chi connectivity index (χ3v) is 4.93. The van der Waals surface area contributed by atoms with Crippen molar-refractivity contribution >= 4 is 17.3 Å². The predicted molar refractivity (Wildman–Crippen MR) is 108 cm³/mol. The number of ether oxygens (including phenoxy) is 1. The standard InChI is InChI=1S/C21H25N3O4/c1-2-28-20-10-6-3-7-17(20)11-12-21(25)23-15-13-22(14-16-23)18-8-4-5-9-19(18)24(26)27/h3-10H,2,11-16H2,1H3. The van der Waals surface area contributed by atoms with Crippen molar-refractivity contribution in [1.82, 2.24) is 4.90 Å². The van der Waals surface area contributed by atoms with Crippen LogP contribution in [0.5, 0.6) is 5.75 Å². The number of anilines is 1. The number of benzene rings is 2. The van der Waals surface area contributed by atoms with Crippen LogP contribution < -0.4 is 9.64 Å². The minimum atomic E-state index is -0.358. The molecule has 7 nitrogen and oxygen atoms in total. The van der Waals surface area contributed by atoms with Gasteiger partial charge in [0.05, 0.1) is 11.5 Å². The lowest BCUT2D eigenvalue weighted by Crippen LogP contribution is -2.49. The molecule has 2 aromatic carbocycles. The topological polar surface area (TPSA) is 75.9 Å². The summed E-state index contributed by atoms with van der Waals surface area (Å²) in [5.74, 6) is 0.938. The average Bonchev–Trinajstić information content (AvgIpc) is 2.73. The van der Waals surface area contributed by atoms with Crippen LogP contribution in [0.15, 0.2) is 48.5 Å². The van der Waals surface area contributed by atoms with E-state index in [0.29, 0.717) is 51.3 Å². The number of piperazine rings is 1. The molecule has 0 aliphatic carbocycles. The fourth-order valence-corrected chi connectivity index (χ4v) is 3.49. The van der Waals surface area contributed by atoms with E-state index in [1.54, 1.807) is 18.2 Å². The minimum absolute atomic E-state index is 0.105. The van der Waals surface area contributed by atoms with E-state index in [2.05, 4.69) is 0 Å². The van der Waals surface area contributed by atoms with Crippen molar-refractivity contribution < 1.29 is 14.5 Å². The van der Waals surface area contributed by atoms with Crippen molar-refractivity contribution in [2.75, 3.05) is 37.7 Å². The Labute approximate surface area is 164 Å². The van der Waals surface area contributed by atoms with Gasteiger partial charge in [-0.05, 0) is 31.0 Å². The van der Waals surface area contributed by atoms with Gasteiger partial charge in [-0.3, -0.25) is 14.9 Å². The molecule has 0 radical (unpaired) electrons. The number of nitrogens with zero attached hydrogens (tertiary/aromatic N) is 3. The quantitative estimate of drug-likeness (QED) is 0.542. The number of hydrogen-bond acceptors (Lipinski definition) is 5. The molecule has 7 heteroatoms. The van der Waals surface area contributed by atoms with Gasteiger partial charge in [-0.1, -0.05) is 30.3 Å². The minimum Gasteiger partial charge on any atom is -0.494 e. The fourth-order valence-electron chi connectivity index (χ4n) is 3.49. The lowest BCUT2D eigenvalue weighted by atomic mass is 10.1. The smallest absolute Gasteiger partial charge is 0.292 e. The molecule has 0 saturated carbocycles. The molecule has 1 fully saturated rings. The van der Waals surface area contributed by atoms with Gasteiger partial charge in [0.15, 0.2) is 0 Å². The molecule has 0 atom stereocenters. The molecule has 28 heavy (non-hydrogen) atoms. The molecule has 0 aromatic heterocycles. The van der Waals surface area contributed by atoms with Gasteiger partial charge in [-0.15, -0.1) is 0 Å². The molecule has 0 bridgehead atoms. The van der Waals surface area contributed by atoms with Crippen molar-refractivity contribution in [3.05, 3.63) is 64.2 Å². The van der Waals surface area contributed by atoms with E-state index in [9.17, 15) is 14.9 Å². The van der Waals surface area contributed by atoms with Gasteiger partial charge in [-0.25, -0.2) is 0 Å². The molecule has 0 spiro atoms. The molecule has 0 N–H and O–H groups in total. The number of amides is 1. The zero-order valence-electron chi connectivity index (χ0n) is 16.0. The molecule has 2 aromatic rings. The maximum Gasteiger partial charge on any atom is 0.292 e. The first-order valence-corrected chi connectivity index (χ1v) is 9.57. The van der Waals surface area contributed by atoms with Crippen molar-refractivity contribution in [1.29, 1.82) is 0 Å². The summed E-state index contributed by atoms with van der Waals surface area (Å²) in [5, 5.41) is 11.2. The summed E-state index contributed by atoms with van der Waals surface area (Å²) in [5.41, 5.74) is 1.76. The highest BCUT2D eigenvalue weighted by atomic mass is 16.6. The van der Waals surface area contributed by atoms with E-state index in [-0.39, 0.29) is 16.5 Å². The van der Waals surface area contributed by atoms with Crippen LogP contribution in [-0.2, 0) is 11.2 Å². The molecule has 1 aliphatic heterocycles. The van der Waals surface area contributed by atoms with Gasteiger partial charge in [0.25, 0.3) is 5.69 Å². The van der Waals surface area contributed by atoms with E-state index in [0.717, 1.165) is 11.3 Å². The maximum atomic E-state index is 12.6. The Morgan fingerprint density at radius 1 is 1.07 bits per heavy atom. The molecule has 3 rings (SSSR count). The molecular weight excluding hydrogens is 358 g/mol. The van der Waals surface area contributed by atoms with E-state index in [4.69, 9.17) is 4.74 Å². The predicted octanol–water partition coefficient (Wildman–Crippen LogP) is 3.27. The summed E-state index contributed by atoms with van der Waals surface area (Å²) >= 11 is 0. The van der Waals surface area contributed by atoms with Crippen LogP contribution in [0, 0.1) is 10.1 Å². The van der Waals surface area contributed by atoms with E-state index >= 15 is 0 Å². The second-order valence-electron chi connectivity index (χ2n) is 6.65. The van der Waals surface area contributed by atoms with Crippen LogP contribution in [0.25, 0.3) is 0 Å². The molecule has 1 heterocycles. The average molecular weight is 383 g/mol. The normalized spacial score (nSPS) is 14.0. The summed E-state index contributed by atoms with van der Waals surface area (Å²) in [4.78, 5) is 27.3. The van der Waals surface area contributed by atoms with Gasteiger partial charge in [0.2, 0.25) is 5.91 Å². The van der Waals surface area contributed by atoms with Crippen molar-refractivity contribution in [3.63, 3.8) is 0 Å². The number of aryl methyl sites for hydroxylation is 1. The zero-order chi connectivity index (χ0) is 19.9. The van der Waals surface area contributed by atoms with Crippen molar-refractivity contribution in [3.8, 4) is 5.75 Å². The van der Waals surface area contributed by atoms with Gasteiger partial charge in [0.1, 0.15) is 11.4 Å². The van der Waals surface area contributed by atoms with Crippen LogP contribution in [0.2, 0.25) is 0 Å². The highest BCUT2D eigenvalue weighted by molar-refractivity contribution is 5.77. The lowest BCUT2D eigenvalue weighted by Gasteiger charge is -2.35. The molecule has 148 valence electrons. The largest absolute Gasteiger partial charge is 0.494 e. The highest BCUT2D eigenvalue weighted by Gasteiger charge is 2.25. The SMILES string of the molecule is CCOc1ccccc1CCC(=O)N1CCN(c2ccccc2[N+](=O)[O-])CC1. The Hall–Kier alpha value is -3.09. The summed E-state index contributed by atoms with van der Waals surface area (Å²) in [7, 11) is 0. The number of para-hydroxylation sites is 3. The monoisotopic (exact) mass is 383 g/mol. The third kappa shape index (κ3) is 4.60. The van der Waals surface area contributed by atoms with Crippen LogP contribution in [0.1, 0.15) is 18.9 Å². The van der Waals surface area contributed by atoms with E-state index in [1.807, 2.05) is 41.0 Å². The van der Waals surface area contributed by atoms with E-state index < -0.39 is 0 Å². The Balaban J connectivity index is 1.55. The first-order valence-electron chi connectivity index (χ1n) is 9.57. The van der Waals surface area contributed by atoms with E-state index in [1.165, 1.54) is 6.07 Å². The number of carbonyl (C=O) groups is 1. The Kier molecular flexibility index (Phi) is 6.47. The fraction of sp³-hybridized carbons (Fsp3) is 0.381. The summed E-state index contributed by atoms with van der Waals surface area (Å²) in [6.07, 6.45) is 1.06. The molecular formula is C21H25N3O4. The number of nitro groups is 1. The second kappa shape index (κ2) is 9.21. The van der Waals surface area contributed by atoms with Crippen molar-refractivity contribution in [2.24, 2.45) is 0 Å². The van der Waals surface area contributed by atoms with Gasteiger partial charge < -0.3 is 14.5 Å². The summed E-state index contributed by atoms with van der Waals surface area (Å²) in [6.45, 7) is 4.85.